The van der Waals surface area contributed by atoms with E-state index in [1.807, 2.05) is 6.92 Å². The first kappa shape index (κ1) is 15.4. The average molecular weight is 285 g/mol. The Labute approximate surface area is 117 Å². The molecule has 0 bridgehead atoms. The fourth-order valence-electron chi connectivity index (χ4n) is 1.76. The van der Waals surface area contributed by atoms with E-state index in [0.29, 0.717) is 41.5 Å². The van der Waals surface area contributed by atoms with Crippen molar-refractivity contribution in [2.24, 2.45) is 5.18 Å². The zero-order valence-corrected chi connectivity index (χ0v) is 12.0. The lowest BCUT2D eigenvalue weighted by molar-refractivity contribution is 0.157. The molecular weight excluding hydrogens is 268 g/mol. The number of halogens is 1. The highest BCUT2D eigenvalue weighted by Crippen LogP contribution is 2.28. The number of carbonyl (C=O) groups excluding carboxylic acids is 1. The van der Waals surface area contributed by atoms with Gasteiger partial charge in [-0.25, -0.2) is 4.79 Å². The van der Waals surface area contributed by atoms with E-state index in [9.17, 15) is 9.70 Å². The maximum absolute atomic E-state index is 11.9. The number of ether oxygens (including phenoxy) is 1. The smallest absolute Gasteiger partial charge is 0.410 e. The van der Waals surface area contributed by atoms with E-state index >= 15 is 0 Å². The highest BCUT2D eigenvalue weighted by atomic mass is 35.5. The number of nitrogens with zero attached hydrogens (tertiary/aromatic N) is 2. The molecule has 1 rings (SSSR count). The van der Waals surface area contributed by atoms with E-state index in [1.165, 1.54) is 4.90 Å². The van der Waals surface area contributed by atoms with Crippen LogP contribution in [0.2, 0.25) is 0 Å². The highest BCUT2D eigenvalue weighted by molar-refractivity contribution is 6.18. The third kappa shape index (κ3) is 3.92. The maximum atomic E-state index is 11.9. The van der Waals surface area contributed by atoms with Gasteiger partial charge in [-0.2, -0.15) is 0 Å². The SMILES string of the molecule is CCN(CCCl)C(=O)Oc1cc(C)c(N=O)c(C)c1. The lowest BCUT2D eigenvalue weighted by atomic mass is 10.1. The van der Waals surface area contributed by atoms with E-state index in [-0.39, 0.29) is 0 Å². The third-order valence-corrected chi connectivity index (χ3v) is 2.92. The van der Waals surface area contributed by atoms with Crippen molar-refractivity contribution >= 4 is 23.4 Å². The van der Waals surface area contributed by atoms with Gasteiger partial charge in [0.1, 0.15) is 11.4 Å². The minimum absolute atomic E-state index is 0.356. The van der Waals surface area contributed by atoms with Crippen molar-refractivity contribution in [2.75, 3.05) is 19.0 Å². The summed E-state index contributed by atoms with van der Waals surface area (Å²) in [6.07, 6.45) is -0.450. The van der Waals surface area contributed by atoms with Gasteiger partial charge in [0.05, 0.1) is 0 Å². The van der Waals surface area contributed by atoms with E-state index in [0.717, 1.165) is 0 Å². The predicted molar refractivity (Wildman–Crippen MR) is 75.4 cm³/mol. The molecule has 0 aliphatic rings. The second-order valence-electron chi connectivity index (χ2n) is 4.13. The van der Waals surface area contributed by atoms with Gasteiger partial charge in [-0.3, -0.25) is 0 Å². The molecule has 5 nitrogen and oxygen atoms in total. The Balaban J connectivity index is 2.88. The zero-order valence-electron chi connectivity index (χ0n) is 11.3. The number of rotatable bonds is 5. The normalized spacial score (nSPS) is 10.1. The Hall–Kier alpha value is -1.62. The minimum atomic E-state index is -0.450. The van der Waals surface area contributed by atoms with Crippen LogP contribution in [0.4, 0.5) is 10.5 Å². The molecule has 0 radical (unpaired) electrons. The number of carbonyl (C=O) groups is 1. The number of alkyl halides is 1. The van der Waals surface area contributed by atoms with Crippen molar-refractivity contribution in [3.05, 3.63) is 28.2 Å². The molecule has 0 saturated carbocycles. The van der Waals surface area contributed by atoms with Crippen LogP contribution < -0.4 is 4.74 Å². The van der Waals surface area contributed by atoms with Gasteiger partial charge in [-0.1, -0.05) is 0 Å². The number of aryl methyl sites for hydroxylation is 2. The average Bonchev–Trinajstić information content (AvgIpc) is 2.35. The van der Waals surface area contributed by atoms with Gasteiger partial charge in [-0.05, 0) is 49.2 Å². The van der Waals surface area contributed by atoms with Crippen molar-refractivity contribution in [1.29, 1.82) is 0 Å². The minimum Gasteiger partial charge on any atom is -0.410 e. The van der Waals surface area contributed by atoms with Crippen LogP contribution in [0.3, 0.4) is 0 Å². The van der Waals surface area contributed by atoms with E-state index in [4.69, 9.17) is 16.3 Å². The summed E-state index contributed by atoms with van der Waals surface area (Å²) in [5, 5.41) is 2.95. The van der Waals surface area contributed by atoms with Crippen LogP contribution in [0.15, 0.2) is 17.3 Å². The summed E-state index contributed by atoms with van der Waals surface area (Å²) in [5.74, 6) is 0.759. The van der Waals surface area contributed by atoms with Crippen molar-refractivity contribution in [1.82, 2.24) is 4.90 Å². The molecule has 1 aromatic rings. The van der Waals surface area contributed by atoms with Crippen molar-refractivity contribution in [2.45, 2.75) is 20.8 Å². The van der Waals surface area contributed by atoms with Crippen LogP contribution in [0.5, 0.6) is 5.75 Å². The second kappa shape index (κ2) is 7.09. The first-order valence-electron chi connectivity index (χ1n) is 6.00. The molecule has 19 heavy (non-hydrogen) atoms. The number of hydrogen-bond acceptors (Lipinski definition) is 4. The Kier molecular flexibility index (Phi) is 5.76. The highest BCUT2D eigenvalue weighted by Gasteiger charge is 2.15. The molecule has 0 saturated heterocycles. The van der Waals surface area contributed by atoms with Crippen LogP contribution >= 0.6 is 11.6 Å². The second-order valence-corrected chi connectivity index (χ2v) is 4.51. The topological polar surface area (TPSA) is 59.0 Å². The molecular formula is C13H17ClN2O3. The Morgan fingerprint density at radius 3 is 2.37 bits per heavy atom. The van der Waals surface area contributed by atoms with Gasteiger partial charge in [0.2, 0.25) is 0 Å². The number of hydrogen-bond donors (Lipinski definition) is 0. The fourth-order valence-corrected chi connectivity index (χ4v) is 1.97. The van der Waals surface area contributed by atoms with Crippen molar-refractivity contribution in [3.8, 4) is 5.75 Å². The summed E-state index contributed by atoms with van der Waals surface area (Å²) in [6, 6.07) is 3.24. The molecule has 1 amide bonds. The Morgan fingerprint density at radius 1 is 1.37 bits per heavy atom. The zero-order chi connectivity index (χ0) is 14.4. The standard InChI is InChI=1S/C13H17ClN2O3/c1-4-16(6-5-14)13(17)19-11-7-9(2)12(15-18)10(3)8-11/h7-8H,4-6H2,1-3H3. The first-order valence-corrected chi connectivity index (χ1v) is 6.54. The number of benzene rings is 1. The van der Waals surface area contributed by atoms with Crippen LogP contribution in [0.1, 0.15) is 18.1 Å². The Morgan fingerprint density at radius 2 is 1.95 bits per heavy atom. The van der Waals surface area contributed by atoms with Gasteiger partial charge in [0.15, 0.2) is 0 Å². The van der Waals surface area contributed by atoms with E-state index in [2.05, 4.69) is 5.18 Å². The molecule has 0 fully saturated rings. The van der Waals surface area contributed by atoms with Gasteiger partial charge >= 0.3 is 6.09 Å². The predicted octanol–water partition coefficient (Wildman–Crippen LogP) is 3.76. The van der Waals surface area contributed by atoms with E-state index in [1.54, 1.807) is 26.0 Å². The Bertz CT molecular complexity index is 454. The van der Waals surface area contributed by atoms with Crippen molar-refractivity contribution < 1.29 is 9.53 Å². The lowest BCUT2D eigenvalue weighted by Crippen LogP contribution is -2.34. The molecule has 0 atom stereocenters. The fraction of sp³-hybridized carbons (Fsp3) is 0.462. The van der Waals surface area contributed by atoms with Crippen LogP contribution in [0, 0.1) is 18.8 Å². The molecule has 0 aromatic heterocycles. The summed E-state index contributed by atoms with van der Waals surface area (Å²) in [5.41, 5.74) is 1.74. The molecule has 1 aromatic carbocycles. The molecule has 0 spiro atoms. The molecule has 0 unspecified atom stereocenters. The maximum Gasteiger partial charge on any atom is 0.415 e. The number of nitroso groups, excluding NO2 is 1. The summed E-state index contributed by atoms with van der Waals surface area (Å²) in [6.45, 7) is 6.30. The van der Waals surface area contributed by atoms with Crippen LogP contribution in [0.25, 0.3) is 0 Å². The largest absolute Gasteiger partial charge is 0.415 e. The molecule has 0 aliphatic carbocycles. The molecule has 0 heterocycles. The summed E-state index contributed by atoms with van der Waals surface area (Å²) >= 11 is 5.62. The van der Waals surface area contributed by atoms with Gasteiger partial charge < -0.3 is 9.64 Å². The first-order chi connectivity index (χ1) is 9.03. The molecule has 6 heteroatoms. The summed E-state index contributed by atoms with van der Waals surface area (Å²) in [4.78, 5) is 24.0. The molecule has 0 N–H and O–H groups in total. The van der Waals surface area contributed by atoms with Gasteiger partial charge in [0, 0.05) is 19.0 Å². The summed E-state index contributed by atoms with van der Waals surface area (Å²) in [7, 11) is 0. The summed E-state index contributed by atoms with van der Waals surface area (Å²) < 4.78 is 5.27. The lowest BCUT2D eigenvalue weighted by Gasteiger charge is -2.19. The monoisotopic (exact) mass is 284 g/mol. The number of amides is 1. The van der Waals surface area contributed by atoms with Crippen molar-refractivity contribution in [3.63, 3.8) is 0 Å². The molecule has 104 valence electrons. The van der Waals surface area contributed by atoms with Crippen LogP contribution in [-0.4, -0.2) is 30.0 Å². The quantitative estimate of drug-likeness (QED) is 0.611. The van der Waals surface area contributed by atoms with E-state index < -0.39 is 6.09 Å². The third-order valence-electron chi connectivity index (χ3n) is 2.76. The van der Waals surface area contributed by atoms with Crippen LogP contribution in [-0.2, 0) is 0 Å². The molecule has 0 aliphatic heterocycles. The van der Waals surface area contributed by atoms with Gasteiger partial charge in [-0.15, -0.1) is 16.5 Å². The van der Waals surface area contributed by atoms with Gasteiger partial charge in [0.25, 0.3) is 0 Å².